The maximum Gasteiger partial charge on any atom is 0.0888 e. The number of ether oxygens (including phenoxy) is 2. The van der Waals surface area contributed by atoms with E-state index in [-0.39, 0.29) is 0 Å². The fraction of sp³-hybridized carbons (Fsp3) is 0.444. The summed E-state index contributed by atoms with van der Waals surface area (Å²) >= 11 is 3.72. The molecule has 1 aliphatic heterocycles. The van der Waals surface area contributed by atoms with Crippen molar-refractivity contribution in [2.75, 3.05) is 24.7 Å². The Morgan fingerprint density at radius 3 is 1.67 bits per heavy atom. The molecule has 0 saturated heterocycles. The molecule has 0 N–H and O–H groups in total. The van der Waals surface area contributed by atoms with Crippen LogP contribution in [0.2, 0.25) is 0 Å². The van der Waals surface area contributed by atoms with Crippen LogP contribution < -0.4 is 0 Å². The molecule has 0 spiro atoms. The van der Waals surface area contributed by atoms with Crippen molar-refractivity contribution in [3.63, 3.8) is 0 Å². The van der Waals surface area contributed by atoms with E-state index in [9.17, 15) is 0 Å². The van der Waals surface area contributed by atoms with E-state index in [1.165, 1.54) is 0 Å². The molecular formula is C18H22N2O2S2. The van der Waals surface area contributed by atoms with Gasteiger partial charge in [-0.25, -0.2) is 0 Å². The van der Waals surface area contributed by atoms with Crippen LogP contribution in [0.3, 0.4) is 0 Å². The molecule has 0 aliphatic carbocycles. The fourth-order valence-electron chi connectivity index (χ4n) is 2.32. The molecule has 0 aromatic carbocycles. The first-order valence-corrected chi connectivity index (χ1v) is 10.4. The van der Waals surface area contributed by atoms with Crippen LogP contribution >= 0.6 is 23.5 Å². The largest absolute Gasteiger partial charge is 0.374 e. The maximum atomic E-state index is 5.73. The molecule has 0 radical (unpaired) electrons. The van der Waals surface area contributed by atoms with Crippen LogP contribution in [0.4, 0.5) is 0 Å². The standard InChI is InChI=1S/C18H22N2O2S2/c1-3-15-11-21-7-9-23-13-17-5-2-6-18(20-17)14-24-10-8-22-12-16(4-1)19-15/h1-6H,7-14H2. The van der Waals surface area contributed by atoms with Gasteiger partial charge in [0.1, 0.15) is 0 Å². The Bertz CT molecular complexity index is 538. The SMILES string of the molecule is c1cc2nc(c1)COCCSCc1cccc(n1)CSCCOC2. The van der Waals surface area contributed by atoms with Crippen molar-refractivity contribution in [3.8, 4) is 0 Å². The Labute approximate surface area is 151 Å². The smallest absolute Gasteiger partial charge is 0.0888 e. The zero-order valence-corrected chi connectivity index (χ0v) is 15.3. The van der Waals surface area contributed by atoms with Gasteiger partial charge in [0.15, 0.2) is 0 Å². The van der Waals surface area contributed by atoms with E-state index < -0.39 is 0 Å². The number of fused-ring (bicyclic) bond motifs is 4. The highest BCUT2D eigenvalue weighted by atomic mass is 32.2. The molecule has 0 amide bonds. The summed E-state index contributed by atoms with van der Waals surface area (Å²) in [7, 11) is 0. The molecule has 0 fully saturated rings. The van der Waals surface area contributed by atoms with Gasteiger partial charge in [-0.3, -0.25) is 9.97 Å². The van der Waals surface area contributed by atoms with E-state index in [0.717, 1.165) is 59.0 Å². The summed E-state index contributed by atoms with van der Waals surface area (Å²) in [5.74, 6) is 3.78. The Morgan fingerprint density at radius 1 is 0.667 bits per heavy atom. The van der Waals surface area contributed by atoms with Crippen molar-refractivity contribution in [1.82, 2.24) is 9.97 Å². The van der Waals surface area contributed by atoms with Gasteiger partial charge < -0.3 is 9.47 Å². The van der Waals surface area contributed by atoms with Crippen LogP contribution in [0, 0.1) is 0 Å². The minimum Gasteiger partial charge on any atom is -0.374 e. The van der Waals surface area contributed by atoms with Gasteiger partial charge in [0.05, 0.1) is 49.2 Å². The molecule has 2 aromatic rings. The van der Waals surface area contributed by atoms with E-state index in [1.807, 2.05) is 41.7 Å². The van der Waals surface area contributed by atoms with Crippen LogP contribution in [0.5, 0.6) is 0 Å². The minimum atomic E-state index is 0.554. The highest BCUT2D eigenvalue weighted by Gasteiger charge is 2.03. The first kappa shape index (κ1) is 17.7. The molecule has 6 heteroatoms. The maximum absolute atomic E-state index is 5.73. The first-order valence-electron chi connectivity index (χ1n) is 8.11. The van der Waals surface area contributed by atoms with Crippen molar-refractivity contribution in [1.29, 1.82) is 0 Å². The number of pyridine rings is 2. The Balaban J connectivity index is 1.58. The average molecular weight is 363 g/mol. The van der Waals surface area contributed by atoms with Crippen LogP contribution in [-0.2, 0) is 34.2 Å². The quantitative estimate of drug-likeness (QED) is 0.712. The van der Waals surface area contributed by atoms with Crippen molar-refractivity contribution in [3.05, 3.63) is 59.2 Å². The van der Waals surface area contributed by atoms with Gasteiger partial charge >= 0.3 is 0 Å². The van der Waals surface area contributed by atoms with Gasteiger partial charge in [0, 0.05) is 23.0 Å². The van der Waals surface area contributed by atoms with E-state index in [1.54, 1.807) is 0 Å². The predicted octanol–water partition coefficient (Wildman–Crippen LogP) is 3.69. The van der Waals surface area contributed by atoms with Crippen molar-refractivity contribution in [2.24, 2.45) is 0 Å². The second kappa shape index (κ2) is 10.0. The number of hydrogen-bond donors (Lipinski definition) is 0. The molecule has 3 rings (SSSR count). The highest BCUT2D eigenvalue weighted by molar-refractivity contribution is 7.98. The van der Waals surface area contributed by atoms with E-state index >= 15 is 0 Å². The third-order valence-corrected chi connectivity index (χ3v) is 5.38. The second-order valence-corrected chi connectivity index (χ2v) is 7.66. The van der Waals surface area contributed by atoms with Crippen LogP contribution in [-0.4, -0.2) is 34.7 Å². The molecule has 0 unspecified atom stereocenters. The van der Waals surface area contributed by atoms with Crippen molar-refractivity contribution in [2.45, 2.75) is 24.7 Å². The monoisotopic (exact) mass is 362 g/mol. The molecule has 0 atom stereocenters. The lowest BCUT2D eigenvalue weighted by molar-refractivity contribution is 0.127. The summed E-state index contributed by atoms with van der Waals surface area (Å²) in [6.07, 6.45) is 0. The number of nitrogens with zero attached hydrogens (tertiary/aromatic N) is 2. The number of rotatable bonds is 0. The highest BCUT2D eigenvalue weighted by Crippen LogP contribution is 2.15. The molecule has 2 aromatic heterocycles. The van der Waals surface area contributed by atoms with E-state index in [0.29, 0.717) is 13.2 Å². The average Bonchev–Trinajstić information content (AvgIpc) is 2.61. The summed E-state index contributed by atoms with van der Waals surface area (Å²) in [4.78, 5) is 9.30. The molecule has 128 valence electrons. The molecular weight excluding hydrogens is 340 g/mol. The summed E-state index contributed by atoms with van der Waals surface area (Å²) in [6, 6.07) is 12.3. The summed E-state index contributed by atoms with van der Waals surface area (Å²) in [5, 5.41) is 0. The van der Waals surface area contributed by atoms with Crippen LogP contribution in [0.15, 0.2) is 36.4 Å². The fourth-order valence-corrected chi connectivity index (χ4v) is 3.82. The van der Waals surface area contributed by atoms with Gasteiger partial charge in [-0.2, -0.15) is 23.5 Å². The predicted molar refractivity (Wildman–Crippen MR) is 100 cm³/mol. The third kappa shape index (κ3) is 6.09. The second-order valence-electron chi connectivity index (χ2n) is 5.45. The zero-order chi connectivity index (χ0) is 16.5. The zero-order valence-electron chi connectivity index (χ0n) is 13.6. The molecule has 1 aliphatic rings. The van der Waals surface area contributed by atoms with Gasteiger partial charge in [0.25, 0.3) is 0 Å². The lowest BCUT2D eigenvalue weighted by Crippen LogP contribution is -2.04. The first-order chi connectivity index (χ1) is 11.9. The number of hydrogen-bond acceptors (Lipinski definition) is 6. The summed E-state index contributed by atoms with van der Waals surface area (Å²) < 4.78 is 11.5. The van der Waals surface area contributed by atoms with Gasteiger partial charge in [-0.05, 0) is 24.3 Å². The Hall–Kier alpha value is -1.08. The Kier molecular flexibility index (Phi) is 7.41. The molecule has 0 saturated carbocycles. The summed E-state index contributed by atoms with van der Waals surface area (Å²) in [6.45, 7) is 2.56. The van der Waals surface area contributed by atoms with Crippen molar-refractivity contribution >= 4 is 23.5 Å². The Morgan fingerprint density at radius 2 is 1.12 bits per heavy atom. The van der Waals surface area contributed by atoms with E-state index in [2.05, 4.69) is 23.2 Å². The lowest BCUT2D eigenvalue weighted by atomic mass is 10.3. The summed E-state index contributed by atoms with van der Waals surface area (Å²) in [5.41, 5.74) is 4.21. The molecule has 4 bridgehead atoms. The van der Waals surface area contributed by atoms with Gasteiger partial charge in [-0.1, -0.05) is 12.1 Å². The van der Waals surface area contributed by atoms with Crippen molar-refractivity contribution < 1.29 is 9.47 Å². The molecule has 3 heterocycles. The third-order valence-electron chi connectivity index (χ3n) is 3.47. The van der Waals surface area contributed by atoms with Gasteiger partial charge in [0.2, 0.25) is 0 Å². The van der Waals surface area contributed by atoms with E-state index in [4.69, 9.17) is 14.5 Å². The van der Waals surface area contributed by atoms with Crippen LogP contribution in [0.25, 0.3) is 0 Å². The molecule has 24 heavy (non-hydrogen) atoms. The lowest BCUT2D eigenvalue weighted by Gasteiger charge is -2.09. The normalized spacial score (nSPS) is 17.7. The molecule has 4 nitrogen and oxygen atoms in total. The van der Waals surface area contributed by atoms with Crippen LogP contribution in [0.1, 0.15) is 22.8 Å². The topological polar surface area (TPSA) is 44.2 Å². The minimum absolute atomic E-state index is 0.554. The number of aromatic nitrogens is 2. The van der Waals surface area contributed by atoms with Gasteiger partial charge in [-0.15, -0.1) is 0 Å². The number of thioether (sulfide) groups is 2.